The molecule has 0 fully saturated rings. The maximum atomic E-state index is 12.9. The highest BCUT2D eigenvalue weighted by atomic mass is 32.2. The van der Waals surface area contributed by atoms with Gasteiger partial charge in [-0.05, 0) is 34.5 Å². The van der Waals surface area contributed by atoms with Crippen LogP contribution in [-0.2, 0) is 18.8 Å². The maximum Gasteiger partial charge on any atom is 0.330 e. The van der Waals surface area contributed by atoms with Gasteiger partial charge in [-0.15, -0.1) is 5.10 Å². The van der Waals surface area contributed by atoms with Gasteiger partial charge in [-0.3, -0.25) is 14.3 Å². The summed E-state index contributed by atoms with van der Waals surface area (Å²) < 4.78 is 5.11. The molecule has 2 aromatic carbocycles. The first-order chi connectivity index (χ1) is 17.2. The van der Waals surface area contributed by atoms with E-state index in [1.807, 2.05) is 65.2 Å². The van der Waals surface area contributed by atoms with Gasteiger partial charge in [0.1, 0.15) is 5.82 Å². The van der Waals surface area contributed by atoms with Crippen molar-refractivity contribution in [1.29, 1.82) is 0 Å². The first-order valence-electron chi connectivity index (χ1n) is 11.4. The number of tetrazole rings is 1. The van der Waals surface area contributed by atoms with Gasteiger partial charge in [0.25, 0.3) is 5.56 Å². The van der Waals surface area contributed by atoms with Crippen LogP contribution in [0.3, 0.4) is 0 Å². The van der Waals surface area contributed by atoms with Crippen molar-refractivity contribution in [2.24, 2.45) is 0 Å². The molecule has 0 aliphatic carbocycles. The number of aryl methyl sites for hydroxylation is 1. The van der Waals surface area contributed by atoms with Gasteiger partial charge in [0.05, 0.1) is 18.0 Å². The number of benzene rings is 2. The Bertz CT molecular complexity index is 1550. The third kappa shape index (κ3) is 4.67. The second-order valence-corrected chi connectivity index (χ2v) is 8.98. The number of nitrogens with one attached hydrogen (secondary N) is 1. The van der Waals surface area contributed by atoms with E-state index in [1.165, 1.54) is 16.3 Å². The lowest BCUT2D eigenvalue weighted by Gasteiger charge is -2.09. The van der Waals surface area contributed by atoms with Gasteiger partial charge in [-0.2, -0.15) is 4.68 Å². The zero-order chi connectivity index (χ0) is 24.2. The number of aromatic amines is 1. The molecular formula is C24H24N8O2S. The zero-order valence-corrected chi connectivity index (χ0v) is 20.0. The largest absolute Gasteiger partial charge is 0.330 e. The van der Waals surface area contributed by atoms with Crippen LogP contribution in [0.2, 0.25) is 0 Å². The topological polar surface area (TPSA) is 116 Å². The van der Waals surface area contributed by atoms with E-state index in [-0.39, 0.29) is 0 Å². The molecular weight excluding hydrogens is 464 g/mol. The van der Waals surface area contributed by atoms with Crippen LogP contribution < -0.4 is 11.2 Å². The first-order valence-corrected chi connectivity index (χ1v) is 12.4. The van der Waals surface area contributed by atoms with Crippen LogP contribution in [0.1, 0.15) is 31.2 Å². The van der Waals surface area contributed by atoms with Crippen LogP contribution in [0.5, 0.6) is 0 Å². The molecule has 0 saturated carbocycles. The van der Waals surface area contributed by atoms with Gasteiger partial charge in [0.15, 0.2) is 11.2 Å². The summed E-state index contributed by atoms with van der Waals surface area (Å²) in [7, 11) is 0. The summed E-state index contributed by atoms with van der Waals surface area (Å²) in [5.41, 5.74) is 1.70. The minimum absolute atomic E-state index is 0.316. The molecule has 0 radical (unpaired) electrons. The number of rotatable bonds is 9. The summed E-state index contributed by atoms with van der Waals surface area (Å²) in [6, 6.07) is 19.3. The second-order valence-electron chi connectivity index (χ2n) is 8.03. The van der Waals surface area contributed by atoms with Gasteiger partial charge in [-0.25, -0.2) is 9.78 Å². The van der Waals surface area contributed by atoms with Crippen molar-refractivity contribution >= 4 is 22.9 Å². The number of aromatic nitrogens is 8. The Kier molecular flexibility index (Phi) is 6.57. The maximum absolute atomic E-state index is 12.9. The van der Waals surface area contributed by atoms with Crippen LogP contribution in [0.25, 0.3) is 16.9 Å². The third-order valence-electron chi connectivity index (χ3n) is 5.66. The van der Waals surface area contributed by atoms with Crippen molar-refractivity contribution in [2.75, 3.05) is 0 Å². The van der Waals surface area contributed by atoms with E-state index in [4.69, 9.17) is 4.98 Å². The second kappa shape index (κ2) is 10.1. The third-order valence-corrected chi connectivity index (χ3v) is 6.57. The molecule has 0 unspecified atom stereocenters. The van der Waals surface area contributed by atoms with Crippen LogP contribution >= 0.6 is 11.8 Å². The number of unbranched alkanes of at least 4 members (excludes halogenated alkanes) is 1. The minimum atomic E-state index is -0.473. The molecule has 11 heteroatoms. The summed E-state index contributed by atoms with van der Waals surface area (Å²) in [6.45, 7) is 3.03. The number of thioether (sulfide) groups is 1. The summed E-state index contributed by atoms with van der Waals surface area (Å²) in [4.78, 5) is 32.9. The molecule has 0 saturated heterocycles. The van der Waals surface area contributed by atoms with Crippen molar-refractivity contribution in [3.05, 3.63) is 92.9 Å². The lowest BCUT2D eigenvalue weighted by atomic mass is 10.2. The van der Waals surface area contributed by atoms with E-state index in [1.54, 1.807) is 4.68 Å². The predicted octanol–water partition coefficient (Wildman–Crippen LogP) is 3.00. The number of nitrogens with zero attached hydrogens (tertiary/aromatic N) is 7. The van der Waals surface area contributed by atoms with Crippen molar-refractivity contribution in [3.8, 4) is 5.69 Å². The molecule has 0 bridgehead atoms. The fraction of sp³-hybridized carbons (Fsp3) is 0.250. The quantitative estimate of drug-likeness (QED) is 0.317. The number of H-pyrrole nitrogens is 1. The summed E-state index contributed by atoms with van der Waals surface area (Å²) in [5, 5.41) is 12.7. The van der Waals surface area contributed by atoms with Gasteiger partial charge in [0, 0.05) is 6.54 Å². The molecule has 0 amide bonds. The summed E-state index contributed by atoms with van der Waals surface area (Å²) >= 11 is 1.43. The van der Waals surface area contributed by atoms with Gasteiger partial charge >= 0.3 is 5.69 Å². The summed E-state index contributed by atoms with van der Waals surface area (Å²) in [6.07, 6.45) is 1.84. The number of hydrogen-bond donors (Lipinski definition) is 1. The Morgan fingerprint density at radius 3 is 2.46 bits per heavy atom. The van der Waals surface area contributed by atoms with E-state index in [9.17, 15) is 9.59 Å². The predicted molar refractivity (Wildman–Crippen MR) is 134 cm³/mol. The van der Waals surface area contributed by atoms with E-state index in [0.29, 0.717) is 41.0 Å². The SMILES string of the molecule is CCCCn1c(CSc2nnnn2-c2ccccc2)nc2c1c(=O)[nH]c(=O)n2Cc1ccccc1. The molecule has 5 aromatic rings. The molecule has 0 spiro atoms. The van der Waals surface area contributed by atoms with E-state index in [0.717, 1.165) is 24.1 Å². The Labute approximate surface area is 204 Å². The van der Waals surface area contributed by atoms with E-state index < -0.39 is 11.2 Å². The normalized spacial score (nSPS) is 11.3. The van der Waals surface area contributed by atoms with Gasteiger partial charge in [-0.1, -0.05) is 73.6 Å². The zero-order valence-electron chi connectivity index (χ0n) is 19.2. The number of imidazole rings is 1. The number of hydrogen-bond acceptors (Lipinski definition) is 7. The standard InChI is InChI=1S/C24H24N8O2S/c1-2-3-14-30-19(16-35-24-27-28-29-32(24)18-12-8-5-9-13-18)25-21-20(30)22(33)26-23(34)31(21)15-17-10-6-4-7-11-17/h4-13H,2-3,14-16H2,1H3,(H,26,33,34). The van der Waals surface area contributed by atoms with Crippen LogP contribution in [-0.4, -0.2) is 39.3 Å². The molecule has 0 aliphatic rings. The first kappa shape index (κ1) is 22.8. The van der Waals surface area contributed by atoms with Crippen LogP contribution in [0.4, 0.5) is 0 Å². The average Bonchev–Trinajstić information content (AvgIpc) is 3.50. The molecule has 0 aliphatic heterocycles. The Morgan fingerprint density at radius 1 is 0.971 bits per heavy atom. The Hall–Kier alpha value is -3.99. The fourth-order valence-corrected chi connectivity index (χ4v) is 4.76. The lowest BCUT2D eigenvalue weighted by molar-refractivity contribution is 0.626. The highest BCUT2D eigenvalue weighted by Gasteiger charge is 2.20. The summed E-state index contributed by atoms with van der Waals surface area (Å²) in [5.74, 6) is 1.13. The average molecular weight is 489 g/mol. The Balaban J connectivity index is 1.55. The highest BCUT2D eigenvalue weighted by molar-refractivity contribution is 7.98. The molecule has 3 aromatic heterocycles. The minimum Gasteiger partial charge on any atom is -0.321 e. The molecule has 10 nitrogen and oxygen atoms in total. The van der Waals surface area contributed by atoms with Gasteiger partial charge in [0.2, 0.25) is 5.16 Å². The van der Waals surface area contributed by atoms with E-state index >= 15 is 0 Å². The van der Waals surface area contributed by atoms with E-state index in [2.05, 4.69) is 27.4 Å². The van der Waals surface area contributed by atoms with Crippen LogP contribution in [0.15, 0.2) is 75.4 Å². The van der Waals surface area contributed by atoms with Crippen molar-refractivity contribution in [3.63, 3.8) is 0 Å². The molecule has 35 heavy (non-hydrogen) atoms. The molecule has 1 N–H and O–H groups in total. The van der Waals surface area contributed by atoms with Gasteiger partial charge < -0.3 is 4.57 Å². The number of para-hydroxylation sites is 1. The van der Waals surface area contributed by atoms with Crippen molar-refractivity contribution in [1.82, 2.24) is 39.3 Å². The number of fused-ring (bicyclic) bond motifs is 1. The monoisotopic (exact) mass is 488 g/mol. The molecule has 3 heterocycles. The lowest BCUT2D eigenvalue weighted by Crippen LogP contribution is -2.31. The molecule has 178 valence electrons. The fourth-order valence-electron chi connectivity index (χ4n) is 3.93. The van der Waals surface area contributed by atoms with Crippen LogP contribution in [0, 0.1) is 0 Å². The smallest absolute Gasteiger partial charge is 0.321 e. The molecule has 5 rings (SSSR count). The van der Waals surface area contributed by atoms with Crippen molar-refractivity contribution < 1.29 is 0 Å². The Morgan fingerprint density at radius 2 is 1.71 bits per heavy atom. The molecule has 0 atom stereocenters. The highest BCUT2D eigenvalue weighted by Crippen LogP contribution is 2.24. The van der Waals surface area contributed by atoms with Crippen molar-refractivity contribution in [2.45, 2.75) is 43.8 Å².